The Morgan fingerprint density at radius 2 is 2.21 bits per heavy atom. The van der Waals surface area contributed by atoms with E-state index in [2.05, 4.69) is 45.7 Å². The number of alkyl halides is 1. The Kier molecular flexibility index (Phi) is 2.64. The van der Waals surface area contributed by atoms with Gasteiger partial charge in [0.05, 0.1) is 5.52 Å². The summed E-state index contributed by atoms with van der Waals surface area (Å²) in [4.78, 5) is 4.27. The predicted octanol–water partition coefficient (Wildman–Crippen LogP) is 3.64. The number of fused-ring (bicyclic) bond motifs is 1. The minimum absolute atomic E-state index is 0.804. The number of hydrogen-bond donors (Lipinski definition) is 0. The molecule has 0 aliphatic heterocycles. The van der Waals surface area contributed by atoms with E-state index < -0.39 is 0 Å². The van der Waals surface area contributed by atoms with Crippen LogP contribution in [0.3, 0.4) is 0 Å². The van der Waals surface area contributed by atoms with Crippen molar-refractivity contribution in [3.63, 3.8) is 0 Å². The average molecular weight is 248 g/mol. The fraction of sp³-hybridized carbons (Fsp3) is 0.0833. The Labute approximate surface area is 91.6 Å². The second-order valence-electron chi connectivity index (χ2n) is 3.15. The lowest BCUT2D eigenvalue weighted by Crippen LogP contribution is -1.84. The first kappa shape index (κ1) is 9.41. The van der Waals surface area contributed by atoms with Gasteiger partial charge in [0.15, 0.2) is 0 Å². The smallest absolute Gasteiger partial charge is 0.0702 e. The summed E-state index contributed by atoms with van der Waals surface area (Å²) >= 11 is 3.40. The van der Waals surface area contributed by atoms with Crippen LogP contribution in [-0.4, -0.2) is 10.3 Å². The first-order chi connectivity index (χ1) is 6.81. The van der Waals surface area contributed by atoms with E-state index in [1.165, 1.54) is 5.56 Å². The van der Waals surface area contributed by atoms with E-state index in [9.17, 15) is 0 Å². The van der Waals surface area contributed by atoms with E-state index in [4.69, 9.17) is 0 Å². The number of hydrogen-bond acceptors (Lipinski definition) is 1. The largest absolute Gasteiger partial charge is 0.256 e. The van der Waals surface area contributed by atoms with Crippen LogP contribution in [0.4, 0.5) is 0 Å². The van der Waals surface area contributed by atoms with Crippen molar-refractivity contribution in [3.8, 4) is 0 Å². The van der Waals surface area contributed by atoms with Crippen LogP contribution < -0.4 is 0 Å². The summed E-state index contributed by atoms with van der Waals surface area (Å²) in [5.41, 5.74) is 3.29. The number of halogens is 1. The molecule has 0 spiro atoms. The Hall–Kier alpha value is -1.15. The SMILES string of the molecule is C=C(CBr)c1ccc2ncccc2c1. The minimum Gasteiger partial charge on any atom is -0.256 e. The summed E-state index contributed by atoms with van der Waals surface area (Å²) in [5.74, 6) is 0. The molecule has 14 heavy (non-hydrogen) atoms. The number of benzene rings is 1. The molecule has 0 saturated carbocycles. The molecule has 1 nitrogen and oxygen atoms in total. The lowest BCUT2D eigenvalue weighted by Gasteiger charge is -2.03. The lowest BCUT2D eigenvalue weighted by molar-refractivity contribution is 1.41. The van der Waals surface area contributed by atoms with Crippen LogP contribution in [0.5, 0.6) is 0 Å². The Morgan fingerprint density at radius 1 is 1.36 bits per heavy atom. The molecule has 0 saturated heterocycles. The molecular formula is C12H10BrN. The number of nitrogens with zero attached hydrogens (tertiary/aromatic N) is 1. The third-order valence-electron chi connectivity index (χ3n) is 2.17. The van der Waals surface area contributed by atoms with Crippen LogP contribution in [0.15, 0.2) is 43.1 Å². The van der Waals surface area contributed by atoms with Crippen LogP contribution in [0.25, 0.3) is 16.5 Å². The van der Waals surface area contributed by atoms with Crippen molar-refractivity contribution in [2.45, 2.75) is 0 Å². The zero-order valence-electron chi connectivity index (χ0n) is 7.70. The summed E-state index contributed by atoms with van der Waals surface area (Å²) in [6, 6.07) is 10.2. The molecule has 0 N–H and O–H groups in total. The van der Waals surface area contributed by atoms with E-state index in [1.807, 2.05) is 12.1 Å². The Balaban J connectivity index is 2.56. The molecule has 0 fully saturated rings. The van der Waals surface area contributed by atoms with E-state index in [1.54, 1.807) is 6.20 Å². The quantitative estimate of drug-likeness (QED) is 0.739. The third kappa shape index (κ3) is 1.70. The normalized spacial score (nSPS) is 10.4. The predicted molar refractivity (Wildman–Crippen MR) is 64.6 cm³/mol. The monoisotopic (exact) mass is 247 g/mol. The van der Waals surface area contributed by atoms with E-state index in [0.717, 1.165) is 21.8 Å². The van der Waals surface area contributed by atoms with E-state index >= 15 is 0 Å². The maximum atomic E-state index is 4.27. The zero-order valence-corrected chi connectivity index (χ0v) is 9.29. The van der Waals surface area contributed by atoms with Crippen LogP contribution in [0.2, 0.25) is 0 Å². The molecule has 0 radical (unpaired) electrons. The molecular weight excluding hydrogens is 238 g/mol. The summed E-state index contributed by atoms with van der Waals surface area (Å²) in [7, 11) is 0. The van der Waals surface area contributed by atoms with E-state index in [-0.39, 0.29) is 0 Å². The lowest BCUT2D eigenvalue weighted by atomic mass is 10.1. The van der Waals surface area contributed by atoms with Gasteiger partial charge >= 0.3 is 0 Å². The molecule has 2 aromatic rings. The zero-order chi connectivity index (χ0) is 9.97. The van der Waals surface area contributed by atoms with Crippen LogP contribution >= 0.6 is 15.9 Å². The maximum absolute atomic E-state index is 4.27. The molecule has 0 aliphatic carbocycles. The molecule has 1 aromatic carbocycles. The van der Waals surface area contributed by atoms with Gasteiger partial charge in [0.1, 0.15) is 0 Å². The molecule has 2 heteroatoms. The van der Waals surface area contributed by atoms with Crippen molar-refractivity contribution >= 4 is 32.4 Å². The van der Waals surface area contributed by atoms with Crippen molar-refractivity contribution in [1.82, 2.24) is 4.98 Å². The average Bonchev–Trinajstić information content (AvgIpc) is 2.27. The summed E-state index contributed by atoms with van der Waals surface area (Å²) in [5, 5.41) is 1.96. The van der Waals surface area contributed by atoms with Crippen LogP contribution in [-0.2, 0) is 0 Å². The van der Waals surface area contributed by atoms with Crippen molar-refractivity contribution in [2.24, 2.45) is 0 Å². The van der Waals surface area contributed by atoms with Crippen molar-refractivity contribution in [1.29, 1.82) is 0 Å². The van der Waals surface area contributed by atoms with Crippen LogP contribution in [0.1, 0.15) is 5.56 Å². The highest BCUT2D eigenvalue weighted by molar-refractivity contribution is 9.09. The molecule has 0 bridgehead atoms. The van der Waals surface area contributed by atoms with Gasteiger partial charge in [-0.25, -0.2) is 0 Å². The van der Waals surface area contributed by atoms with Crippen molar-refractivity contribution < 1.29 is 0 Å². The topological polar surface area (TPSA) is 12.9 Å². The fourth-order valence-electron chi connectivity index (χ4n) is 1.37. The Bertz CT molecular complexity index is 476. The molecule has 0 aliphatic rings. The maximum Gasteiger partial charge on any atom is 0.0702 e. The molecule has 70 valence electrons. The number of pyridine rings is 1. The standard InChI is InChI=1S/C12H10BrN/c1-9(8-13)10-4-5-12-11(7-10)3-2-6-14-12/h2-7H,1,8H2. The van der Waals surface area contributed by atoms with Gasteiger partial charge in [-0.1, -0.05) is 34.6 Å². The summed E-state index contributed by atoms with van der Waals surface area (Å²) in [6.07, 6.45) is 1.81. The second-order valence-corrected chi connectivity index (χ2v) is 3.71. The minimum atomic E-state index is 0.804. The fourth-order valence-corrected chi connectivity index (χ4v) is 1.70. The van der Waals surface area contributed by atoms with Gasteiger partial charge in [0.25, 0.3) is 0 Å². The van der Waals surface area contributed by atoms with Crippen molar-refractivity contribution in [2.75, 3.05) is 5.33 Å². The molecule has 0 amide bonds. The van der Waals surface area contributed by atoms with Gasteiger partial charge in [0, 0.05) is 16.9 Å². The highest BCUT2D eigenvalue weighted by atomic mass is 79.9. The highest BCUT2D eigenvalue weighted by Gasteiger charge is 1.99. The molecule has 0 atom stereocenters. The summed E-state index contributed by atoms with van der Waals surface area (Å²) in [6.45, 7) is 3.98. The van der Waals surface area contributed by atoms with E-state index in [0.29, 0.717) is 0 Å². The first-order valence-electron chi connectivity index (χ1n) is 4.40. The third-order valence-corrected chi connectivity index (χ3v) is 2.85. The van der Waals surface area contributed by atoms with Gasteiger partial charge in [-0.15, -0.1) is 0 Å². The second kappa shape index (κ2) is 3.93. The van der Waals surface area contributed by atoms with Gasteiger partial charge in [-0.2, -0.15) is 0 Å². The van der Waals surface area contributed by atoms with Crippen molar-refractivity contribution in [3.05, 3.63) is 48.7 Å². The molecule has 0 unspecified atom stereocenters. The molecule has 1 aromatic heterocycles. The highest BCUT2D eigenvalue weighted by Crippen LogP contribution is 2.19. The number of aromatic nitrogens is 1. The van der Waals surface area contributed by atoms with Gasteiger partial charge in [-0.05, 0) is 29.3 Å². The van der Waals surface area contributed by atoms with Gasteiger partial charge in [-0.3, -0.25) is 4.98 Å². The van der Waals surface area contributed by atoms with Crippen LogP contribution in [0, 0.1) is 0 Å². The Morgan fingerprint density at radius 3 is 3.00 bits per heavy atom. The molecule has 2 rings (SSSR count). The van der Waals surface area contributed by atoms with Gasteiger partial charge in [0.2, 0.25) is 0 Å². The summed E-state index contributed by atoms with van der Waals surface area (Å²) < 4.78 is 0. The molecule has 1 heterocycles. The van der Waals surface area contributed by atoms with Gasteiger partial charge < -0.3 is 0 Å². The number of allylic oxidation sites excluding steroid dienone is 1. The number of rotatable bonds is 2. The first-order valence-corrected chi connectivity index (χ1v) is 5.52.